The first-order valence-corrected chi connectivity index (χ1v) is 10.4. The van der Waals surface area contributed by atoms with Crippen molar-refractivity contribution in [3.8, 4) is 0 Å². The number of hydrogen-bond acceptors (Lipinski definition) is 10. The highest BCUT2D eigenvalue weighted by Gasteiger charge is 2.16. The number of aliphatic imine (C=N–C) groups is 1. The van der Waals surface area contributed by atoms with E-state index in [1.54, 1.807) is 59.5 Å². The Hall–Kier alpha value is -4.36. The molecule has 0 saturated heterocycles. The van der Waals surface area contributed by atoms with Crippen molar-refractivity contribution in [3.63, 3.8) is 0 Å². The normalized spacial score (nSPS) is 11.3. The second kappa shape index (κ2) is 11.0. The number of benzene rings is 1. The third-order valence-electron chi connectivity index (χ3n) is 4.41. The van der Waals surface area contributed by atoms with Crippen LogP contribution >= 0.6 is 11.6 Å². The van der Waals surface area contributed by atoms with Crippen LogP contribution in [0.1, 0.15) is 21.9 Å². The maximum atomic E-state index is 12.1. The van der Waals surface area contributed by atoms with Gasteiger partial charge < -0.3 is 10.6 Å². The number of hydroxylamine groups is 1. The molecule has 3 aromatic heterocycles. The maximum absolute atomic E-state index is 12.1. The molecule has 3 heterocycles. The molecule has 0 saturated carbocycles. The molecule has 0 fully saturated rings. The lowest BCUT2D eigenvalue weighted by molar-refractivity contribution is 0.0945. The largest absolute Gasteiger partial charge is 0.363 e. The highest BCUT2D eigenvalue weighted by Crippen LogP contribution is 2.20. The molecule has 0 aliphatic heterocycles. The summed E-state index contributed by atoms with van der Waals surface area (Å²) in [5.74, 6) is -0.00129. The summed E-state index contributed by atoms with van der Waals surface area (Å²) in [5.41, 5.74) is 3.60. The zero-order chi connectivity index (χ0) is 23.8. The molecule has 14 heteroatoms. The van der Waals surface area contributed by atoms with Crippen LogP contribution in [0.2, 0.25) is 5.02 Å². The second-order valence-electron chi connectivity index (χ2n) is 6.81. The average Bonchev–Trinajstić information content (AvgIpc) is 3.51. The lowest BCUT2D eigenvalue weighted by Crippen LogP contribution is -2.23. The first-order valence-electron chi connectivity index (χ1n) is 10.0. The van der Waals surface area contributed by atoms with Gasteiger partial charge in [0.2, 0.25) is 5.82 Å². The minimum atomic E-state index is -0.296. The molecule has 0 spiro atoms. The predicted molar refractivity (Wildman–Crippen MR) is 121 cm³/mol. The fraction of sp³-hybridized carbons (Fsp3) is 0.150. The number of hydrogen-bond donors (Lipinski definition) is 4. The summed E-state index contributed by atoms with van der Waals surface area (Å²) < 4.78 is 6.39. The fourth-order valence-corrected chi connectivity index (χ4v) is 3.03. The molecular formula is C20H19ClN10O3. The smallest absolute Gasteiger partial charge is 0.270 e. The summed E-state index contributed by atoms with van der Waals surface area (Å²) in [6, 6.07) is 11.9. The van der Waals surface area contributed by atoms with E-state index in [1.807, 2.05) is 5.48 Å². The van der Waals surface area contributed by atoms with Crippen LogP contribution in [0, 0.1) is 0 Å². The molecule has 13 nitrogen and oxygen atoms in total. The second-order valence-corrected chi connectivity index (χ2v) is 7.25. The Bertz CT molecular complexity index is 1270. The summed E-state index contributed by atoms with van der Waals surface area (Å²) in [6.45, 7) is 1.03. The number of pyridine rings is 1. The Morgan fingerprint density at radius 1 is 1.21 bits per heavy atom. The molecule has 34 heavy (non-hydrogen) atoms. The Morgan fingerprint density at radius 3 is 2.91 bits per heavy atom. The van der Waals surface area contributed by atoms with Crippen LogP contribution in [0.15, 0.2) is 64.5 Å². The molecule has 0 atom stereocenters. The van der Waals surface area contributed by atoms with E-state index in [0.717, 1.165) is 0 Å². The quantitative estimate of drug-likeness (QED) is 0.157. The van der Waals surface area contributed by atoms with Crippen molar-refractivity contribution in [1.82, 2.24) is 41.1 Å². The van der Waals surface area contributed by atoms with E-state index in [9.17, 15) is 10.0 Å². The van der Waals surface area contributed by atoms with Crippen molar-refractivity contribution < 1.29 is 14.6 Å². The number of amidine groups is 1. The molecule has 0 aliphatic rings. The molecular weight excluding hydrogens is 464 g/mol. The topological polar surface area (TPSA) is 168 Å². The molecule has 0 bridgehead atoms. The third-order valence-corrected chi connectivity index (χ3v) is 4.65. The van der Waals surface area contributed by atoms with E-state index in [-0.39, 0.29) is 29.8 Å². The van der Waals surface area contributed by atoms with E-state index in [4.69, 9.17) is 16.2 Å². The van der Waals surface area contributed by atoms with Gasteiger partial charge in [-0.2, -0.15) is 0 Å². The minimum absolute atomic E-state index is 0.0257. The Morgan fingerprint density at radius 2 is 2.12 bits per heavy atom. The lowest BCUT2D eigenvalue weighted by Gasteiger charge is -2.06. The summed E-state index contributed by atoms with van der Waals surface area (Å²) in [4.78, 5) is 20.3. The number of aromatic nitrogens is 6. The van der Waals surface area contributed by atoms with Crippen molar-refractivity contribution in [1.29, 1.82) is 0 Å². The fourth-order valence-electron chi connectivity index (χ4n) is 2.84. The number of nitrogens with zero attached hydrogens (tertiary/aromatic N) is 7. The van der Waals surface area contributed by atoms with Gasteiger partial charge in [-0.25, -0.2) is 9.62 Å². The number of anilines is 1. The summed E-state index contributed by atoms with van der Waals surface area (Å²) >= 11 is 5.97. The third kappa shape index (κ3) is 5.90. The zero-order valence-corrected chi connectivity index (χ0v) is 18.3. The molecule has 1 aromatic carbocycles. The molecule has 4 aromatic rings. The van der Waals surface area contributed by atoms with Crippen molar-refractivity contribution in [3.05, 3.63) is 77.0 Å². The van der Waals surface area contributed by atoms with Gasteiger partial charge in [-0.05, 0) is 40.6 Å². The maximum Gasteiger partial charge on any atom is 0.270 e. The summed E-state index contributed by atoms with van der Waals surface area (Å²) in [7, 11) is 0. The van der Waals surface area contributed by atoms with Gasteiger partial charge in [0, 0.05) is 17.8 Å². The van der Waals surface area contributed by atoms with Crippen molar-refractivity contribution in [2.24, 2.45) is 4.99 Å². The van der Waals surface area contributed by atoms with Gasteiger partial charge in [0.15, 0.2) is 11.5 Å². The first kappa shape index (κ1) is 22.8. The van der Waals surface area contributed by atoms with Crippen LogP contribution in [0.3, 0.4) is 0 Å². The van der Waals surface area contributed by atoms with Crippen LogP contribution in [0.5, 0.6) is 0 Å². The van der Waals surface area contributed by atoms with E-state index in [2.05, 4.69) is 41.2 Å². The molecule has 1 amide bonds. The highest BCUT2D eigenvalue weighted by molar-refractivity contribution is 6.30. The number of halogens is 1. The van der Waals surface area contributed by atoms with E-state index in [0.29, 0.717) is 35.2 Å². The van der Waals surface area contributed by atoms with Crippen LogP contribution < -0.4 is 16.1 Å². The van der Waals surface area contributed by atoms with Gasteiger partial charge in [-0.3, -0.25) is 25.1 Å². The lowest BCUT2D eigenvalue weighted by atomic mass is 10.3. The SMILES string of the molecule is O=C(NCc1cn(CCNc2nonc2C(=Nc2cccc(Cl)c2)NO)nn1)c1ccccn1. The van der Waals surface area contributed by atoms with E-state index in [1.165, 1.54) is 0 Å². The number of nitrogens with one attached hydrogen (secondary N) is 3. The number of amides is 1. The molecule has 0 aliphatic carbocycles. The highest BCUT2D eigenvalue weighted by atomic mass is 35.5. The molecule has 4 N–H and O–H groups in total. The van der Waals surface area contributed by atoms with E-state index < -0.39 is 0 Å². The standard InChI is InChI=1S/C20H19ClN10O3/c21-13-4-3-5-14(10-13)25-19(27-33)17-18(29-34-28-17)23-8-9-31-12-15(26-30-31)11-24-20(32)16-6-1-2-7-22-16/h1-7,10,12,33H,8-9,11H2,(H,23,29)(H,24,32)(H,25,27). The van der Waals surface area contributed by atoms with Crippen molar-refractivity contribution >= 4 is 34.8 Å². The van der Waals surface area contributed by atoms with Crippen LogP contribution in [0.4, 0.5) is 11.5 Å². The van der Waals surface area contributed by atoms with Gasteiger partial charge in [0.05, 0.1) is 25.0 Å². The Labute approximate surface area is 197 Å². The Kier molecular flexibility index (Phi) is 7.37. The average molecular weight is 483 g/mol. The monoisotopic (exact) mass is 482 g/mol. The Balaban J connectivity index is 1.31. The number of carbonyl (C=O) groups excluding carboxylic acids is 1. The van der Waals surface area contributed by atoms with Gasteiger partial charge in [-0.15, -0.1) is 5.10 Å². The number of carbonyl (C=O) groups is 1. The molecule has 0 radical (unpaired) electrons. The van der Waals surface area contributed by atoms with Gasteiger partial charge in [0.1, 0.15) is 11.4 Å². The van der Waals surface area contributed by atoms with Crippen LogP contribution in [-0.4, -0.2) is 53.8 Å². The van der Waals surface area contributed by atoms with Crippen molar-refractivity contribution in [2.45, 2.75) is 13.1 Å². The number of rotatable bonds is 9. The van der Waals surface area contributed by atoms with Gasteiger partial charge >= 0.3 is 0 Å². The van der Waals surface area contributed by atoms with E-state index >= 15 is 0 Å². The first-order chi connectivity index (χ1) is 16.6. The van der Waals surface area contributed by atoms with Gasteiger partial charge in [0.25, 0.3) is 5.91 Å². The van der Waals surface area contributed by atoms with Gasteiger partial charge in [-0.1, -0.05) is 28.9 Å². The molecule has 174 valence electrons. The predicted octanol–water partition coefficient (Wildman–Crippen LogP) is 1.81. The molecule has 4 rings (SSSR count). The van der Waals surface area contributed by atoms with Crippen LogP contribution in [0.25, 0.3) is 0 Å². The minimum Gasteiger partial charge on any atom is -0.363 e. The molecule has 0 unspecified atom stereocenters. The summed E-state index contributed by atoms with van der Waals surface area (Å²) in [6.07, 6.45) is 3.26. The van der Waals surface area contributed by atoms with Crippen LogP contribution in [-0.2, 0) is 13.1 Å². The van der Waals surface area contributed by atoms with Crippen molar-refractivity contribution in [2.75, 3.05) is 11.9 Å². The summed E-state index contributed by atoms with van der Waals surface area (Å²) in [5, 5.41) is 31.5. The zero-order valence-electron chi connectivity index (χ0n) is 17.6.